The molecule has 0 N–H and O–H groups in total. The summed E-state index contributed by atoms with van der Waals surface area (Å²) in [6.45, 7) is 9.16. The summed E-state index contributed by atoms with van der Waals surface area (Å²) in [5, 5.41) is 0.767. The van der Waals surface area contributed by atoms with Gasteiger partial charge >= 0.3 is 0 Å². The van der Waals surface area contributed by atoms with Gasteiger partial charge in [-0.05, 0) is 48.3 Å². The Hall–Kier alpha value is -1.35. The van der Waals surface area contributed by atoms with Crippen LogP contribution in [0.15, 0.2) is 48.5 Å². The minimum Gasteiger partial charge on any atom is -0.380 e. The van der Waals surface area contributed by atoms with E-state index in [1.54, 1.807) is 0 Å². The molecule has 0 saturated heterocycles. The van der Waals surface area contributed by atoms with E-state index in [1.807, 2.05) is 24.3 Å². The summed E-state index contributed by atoms with van der Waals surface area (Å²) in [4.78, 5) is 2.38. The SMILES string of the molecule is CCN(CC)CCOCCc1ccc([CH]c2ccc(Cl)cc2)cc1. The lowest BCUT2D eigenvalue weighted by atomic mass is 10.0. The van der Waals surface area contributed by atoms with Crippen molar-refractivity contribution < 1.29 is 4.74 Å². The molecule has 0 unspecified atom stereocenters. The van der Waals surface area contributed by atoms with Crippen LogP contribution < -0.4 is 0 Å². The predicted octanol–water partition coefficient (Wildman–Crippen LogP) is 4.84. The van der Waals surface area contributed by atoms with Crippen LogP contribution in [0.25, 0.3) is 0 Å². The van der Waals surface area contributed by atoms with Crippen molar-refractivity contribution in [2.75, 3.05) is 32.8 Å². The first-order chi connectivity index (χ1) is 11.7. The molecule has 0 spiro atoms. The predicted molar refractivity (Wildman–Crippen MR) is 103 cm³/mol. The Bertz CT molecular complexity index is 576. The third kappa shape index (κ3) is 6.64. The fourth-order valence-electron chi connectivity index (χ4n) is 2.56. The molecule has 0 aliphatic carbocycles. The van der Waals surface area contributed by atoms with Gasteiger partial charge in [0, 0.05) is 18.0 Å². The molecule has 0 bridgehead atoms. The van der Waals surface area contributed by atoms with Gasteiger partial charge in [-0.25, -0.2) is 0 Å². The molecule has 2 nitrogen and oxygen atoms in total. The Morgan fingerprint density at radius 1 is 0.875 bits per heavy atom. The van der Waals surface area contributed by atoms with Crippen molar-refractivity contribution in [2.45, 2.75) is 20.3 Å². The second-order valence-electron chi connectivity index (χ2n) is 5.83. The van der Waals surface area contributed by atoms with E-state index in [0.29, 0.717) is 0 Å². The molecule has 0 aromatic heterocycles. The van der Waals surface area contributed by atoms with E-state index >= 15 is 0 Å². The van der Waals surface area contributed by atoms with Crippen LogP contribution in [0.3, 0.4) is 0 Å². The van der Waals surface area contributed by atoms with Gasteiger partial charge in [-0.2, -0.15) is 0 Å². The minimum atomic E-state index is 0.767. The zero-order valence-corrected chi connectivity index (χ0v) is 15.4. The van der Waals surface area contributed by atoms with Gasteiger partial charge in [0.05, 0.1) is 13.2 Å². The van der Waals surface area contributed by atoms with E-state index < -0.39 is 0 Å². The number of ether oxygens (including phenoxy) is 1. The zero-order chi connectivity index (χ0) is 17.2. The number of nitrogens with zero attached hydrogens (tertiary/aromatic N) is 1. The molecule has 2 aromatic carbocycles. The zero-order valence-electron chi connectivity index (χ0n) is 14.7. The summed E-state index contributed by atoms with van der Waals surface area (Å²) >= 11 is 5.91. The average molecular weight is 345 g/mol. The standard InChI is InChI=1S/C21H27ClNO/c1-3-23(4-2)14-16-24-15-13-18-5-7-19(8-6-18)17-20-9-11-21(22)12-10-20/h5-12,17H,3-4,13-16H2,1-2H3. The van der Waals surface area contributed by atoms with E-state index in [4.69, 9.17) is 16.3 Å². The second-order valence-corrected chi connectivity index (χ2v) is 6.26. The molecule has 0 saturated carbocycles. The van der Waals surface area contributed by atoms with Gasteiger partial charge in [-0.15, -0.1) is 0 Å². The molecule has 0 aliphatic heterocycles. The van der Waals surface area contributed by atoms with Crippen LogP contribution in [0.1, 0.15) is 30.5 Å². The van der Waals surface area contributed by atoms with Gasteiger partial charge in [0.1, 0.15) is 0 Å². The fraction of sp³-hybridized carbons (Fsp3) is 0.381. The maximum atomic E-state index is 5.91. The third-order valence-corrected chi connectivity index (χ3v) is 4.42. The summed E-state index contributed by atoms with van der Waals surface area (Å²) in [5.74, 6) is 0. The molecule has 0 amide bonds. The smallest absolute Gasteiger partial charge is 0.0593 e. The molecular formula is C21H27ClNO. The maximum absolute atomic E-state index is 5.91. The number of likely N-dealkylation sites (N-methyl/N-ethyl adjacent to an activating group) is 1. The van der Waals surface area contributed by atoms with Crippen molar-refractivity contribution in [3.63, 3.8) is 0 Å². The van der Waals surface area contributed by atoms with Crippen LogP contribution >= 0.6 is 11.6 Å². The largest absolute Gasteiger partial charge is 0.380 e. The summed E-state index contributed by atoms with van der Waals surface area (Å²) in [5.41, 5.74) is 3.67. The van der Waals surface area contributed by atoms with Crippen molar-refractivity contribution in [3.8, 4) is 0 Å². The first-order valence-corrected chi connectivity index (χ1v) is 9.08. The van der Waals surface area contributed by atoms with Crippen LogP contribution in [-0.2, 0) is 11.2 Å². The Labute approximate surface area is 151 Å². The molecule has 2 rings (SSSR count). The molecule has 0 heterocycles. The molecule has 2 aromatic rings. The topological polar surface area (TPSA) is 12.5 Å². The number of rotatable bonds is 10. The monoisotopic (exact) mass is 344 g/mol. The molecule has 24 heavy (non-hydrogen) atoms. The van der Waals surface area contributed by atoms with E-state index in [-0.39, 0.29) is 0 Å². The Kier molecular flexibility index (Phi) is 8.31. The maximum Gasteiger partial charge on any atom is 0.0593 e. The first kappa shape index (κ1) is 19.0. The van der Waals surface area contributed by atoms with Gasteiger partial charge in [0.2, 0.25) is 0 Å². The molecular weight excluding hydrogens is 318 g/mol. The summed E-state index contributed by atoms with van der Waals surface area (Å²) in [6, 6.07) is 16.5. The van der Waals surface area contributed by atoms with Gasteiger partial charge in [-0.3, -0.25) is 0 Å². The van der Waals surface area contributed by atoms with Crippen molar-refractivity contribution in [3.05, 3.63) is 76.7 Å². The minimum absolute atomic E-state index is 0.767. The van der Waals surface area contributed by atoms with Crippen LogP contribution in [0, 0.1) is 6.42 Å². The lowest BCUT2D eigenvalue weighted by Gasteiger charge is -2.17. The van der Waals surface area contributed by atoms with Crippen LogP contribution in [-0.4, -0.2) is 37.7 Å². The van der Waals surface area contributed by atoms with E-state index in [0.717, 1.165) is 49.9 Å². The Morgan fingerprint density at radius 3 is 2.04 bits per heavy atom. The summed E-state index contributed by atoms with van der Waals surface area (Å²) < 4.78 is 5.75. The van der Waals surface area contributed by atoms with E-state index in [9.17, 15) is 0 Å². The van der Waals surface area contributed by atoms with Crippen molar-refractivity contribution in [1.29, 1.82) is 0 Å². The molecule has 0 fully saturated rings. The van der Waals surface area contributed by atoms with Gasteiger partial charge in [0.15, 0.2) is 0 Å². The molecule has 3 heteroatoms. The van der Waals surface area contributed by atoms with Crippen molar-refractivity contribution >= 4 is 11.6 Å². The highest BCUT2D eigenvalue weighted by Gasteiger charge is 2.00. The van der Waals surface area contributed by atoms with E-state index in [1.165, 1.54) is 11.1 Å². The van der Waals surface area contributed by atoms with Crippen molar-refractivity contribution in [1.82, 2.24) is 4.90 Å². The number of halogens is 1. The number of benzene rings is 2. The fourth-order valence-corrected chi connectivity index (χ4v) is 2.68. The second kappa shape index (κ2) is 10.5. The van der Waals surface area contributed by atoms with Gasteiger partial charge < -0.3 is 9.64 Å². The summed E-state index contributed by atoms with van der Waals surface area (Å²) in [6.07, 6.45) is 3.11. The lowest BCUT2D eigenvalue weighted by molar-refractivity contribution is 0.109. The molecule has 129 valence electrons. The highest BCUT2D eigenvalue weighted by molar-refractivity contribution is 6.30. The van der Waals surface area contributed by atoms with Gasteiger partial charge in [-0.1, -0.05) is 61.8 Å². The van der Waals surface area contributed by atoms with Crippen LogP contribution in [0.5, 0.6) is 0 Å². The first-order valence-electron chi connectivity index (χ1n) is 8.70. The lowest BCUT2D eigenvalue weighted by Crippen LogP contribution is -2.27. The third-order valence-electron chi connectivity index (χ3n) is 4.16. The summed E-state index contributed by atoms with van der Waals surface area (Å²) in [7, 11) is 0. The molecule has 0 atom stereocenters. The van der Waals surface area contributed by atoms with Gasteiger partial charge in [0.25, 0.3) is 0 Å². The molecule has 1 radical (unpaired) electrons. The number of hydrogen-bond acceptors (Lipinski definition) is 2. The quantitative estimate of drug-likeness (QED) is 0.572. The number of hydrogen-bond donors (Lipinski definition) is 0. The Morgan fingerprint density at radius 2 is 1.46 bits per heavy atom. The highest BCUT2D eigenvalue weighted by atomic mass is 35.5. The average Bonchev–Trinajstić information content (AvgIpc) is 2.61. The highest BCUT2D eigenvalue weighted by Crippen LogP contribution is 2.16. The van der Waals surface area contributed by atoms with Crippen LogP contribution in [0.4, 0.5) is 0 Å². The van der Waals surface area contributed by atoms with E-state index in [2.05, 4.69) is 49.4 Å². The molecule has 0 aliphatic rings. The Balaban J connectivity index is 1.71. The van der Waals surface area contributed by atoms with Crippen LogP contribution in [0.2, 0.25) is 5.02 Å². The normalized spacial score (nSPS) is 11.2. The van der Waals surface area contributed by atoms with Crippen molar-refractivity contribution in [2.24, 2.45) is 0 Å².